The van der Waals surface area contributed by atoms with Crippen LogP contribution in [-0.4, -0.2) is 62.4 Å². The third-order valence-corrected chi connectivity index (χ3v) is 5.45. The van der Waals surface area contributed by atoms with Crippen molar-refractivity contribution in [1.82, 2.24) is 30.3 Å². The van der Waals surface area contributed by atoms with Crippen LogP contribution in [0.1, 0.15) is 10.5 Å². The summed E-state index contributed by atoms with van der Waals surface area (Å²) in [5.74, 6) is 0.364. The highest BCUT2D eigenvalue weighted by Gasteiger charge is 2.24. The Morgan fingerprint density at radius 3 is 2.41 bits per heavy atom. The lowest BCUT2D eigenvalue weighted by atomic mass is 10.1. The monoisotopic (exact) mass is 429 g/mol. The lowest BCUT2D eigenvalue weighted by molar-refractivity contribution is 0.0740. The van der Waals surface area contributed by atoms with Gasteiger partial charge in [0.1, 0.15) is 11.5 Å². The molecule has 1 N–H and O–H groups in total. The molecule has 0 saturated carbocycles. The number of aromatic nitrogens is 5. The van der Waals surface area contributed by atoms with Crippen molar-refractivity contribution in [3.8, 4) is 22.5 Å². The minimum absolute atomic E-state index is 0.108. The molecule has 4 heterocycles. The van der Waals surface area contributed by atoms with E-state index in [1.807, 2.05) is 24.3 Å². The number of anilines is 1. The molecule has 0 atom stereocenters. The van der Waals surface area contributed by atoms with Crippen LogP contribution in [0.5, 0.6) is 0 Å². The Kier molecular flexibility index (Phi) is 5.29. The van der Waals surface area contributed by atoms with Gasteiger partial charge < -0.3 is 9.80 Å². The van der Waals surface area contributed by atoms with Crippen molar-refractivity contribution in [2.24, 2.45) is 0 Å². The van der Waals surface area contributed by atoms with Crippen LogP contribution in [0, 0.1) is 5.82 Å². The van der Waals surface area contributed by atoms with Crippen LogP contribution in [-0.2, 0) is 0 Å². The predicted molar refractivity (Wildman–Crippen MR) is 117 cm³/mol. The van der Waals surface area contributed by atoms with Gasteiger partial charge in [-0.3, -0.25) is 14.9 Å². The van der Waals surface area contributed by atoms with E-state index in [1.54, 1.807) is 35.5 Å². The lowest BCUT2D eigenvalue weighted by Gasteiger charge is -2.34. The molecule has 1 aromatic carbocycles. The van der Waals surface area contributed by atoms with E-state index in [1.165, 1.54) is 12.1 Å². The van der Waals surface area contributed by atoms with Gasteiger partial charge >= 0.3 is 0 Å². The molecule has 0 unspecified atom stereocenters. The standard InChI is InChI=1S/C23H20FN7O/c24-18-5-3-16(4-6-18)20-14-21(28-27-20)23(32)31-12-10-30(11-13-31)22-8-7-19(26-29-22)17-2-1-9-25-15-17/h1-9,14-15H,10-13H2,(H,27,28). The zero-order valence-corrected chi connectivity index (χ0v) is 17.1. The van der Waals surface area contributed by atoms with E-state index in [0.29, 0.717) is 37.6 Å². The molecule has 0 bridgehead atoms. The minimum Gasteiger partial charge on any atom is -0.352 e. The number of carbonyl (C=O) groups excluding carboxylic acids is 1. The number of H-pyrrole nitrogens is 1. The summed E-state index contributed by atoms with van der Waals surface area (Å²) in [7, 11) is 0. The summed E-state index contributed by atoms with van der Waals surface area (Å²) in [6.45, 7) is 2.45. The van der Waals surface area contributed by atoms with Gasteiger partial charge in [0.05, 0.1) is 11.4 Å². The summed E-state index contributed by atoms with van der Waals surface area (Å²) >= 11 is 0. The van der Waals surface area contributed by atoms with E-state index in [2.05, 4.69) is 30.3 Å². The van der Waals surface area contributed by atoms with Crippen LogP contribution in [0.15, 0.2) is 67.0 Å². The van der Waals surface area contributed by atoms with Gasteiger partial charge in [0.25, 0.3) is 5.91 Å². The van der Waals surface area contributed by atoms with E-state index < -0.39 is 0 Å². The molecular formula is C23H20FN7O. The number of carbonyl (C=O) groups is 1. The number of piperazine rings is 1. The first-order valence-electron chi connectivity index (χ1n) is 10.3. The molecule has 0 spiro atoms. The first-order valence-corrected chi connectivity index (χ1v) is 10.3. The summed E-state index contributed by atoms with van der Waals surface area (Å²) in [6.07, 6.45) is 3.48. The third kappa shape index (κ3) is 4.04. The van der Waals surface area contributed by atoms with Crippen molar-refractivity contribution in [2.75, 3.05) is 31.1 Å². The SMILES string of the molecule is O=C(c1cc(-c2ccc(F)cc2)n[nH]1)N1CCN(c2ccc(-c3cccnc3)nn2)CC1. The number of hydrogen-bond donors (Lipinski definition) is 1. The quantitative estimate of drug-likeness (QED) is 0.536. The summed E-state index contributed by atoms with van der Waals surface area (Å²) in [5.41, 5.74) is 3.46. The Hall–Kier alpha value is -4.14. The molecule has 4 aromatic rings. The molecule has 1 saturated heterocycles. The minimum atomic E-state index is -0.310. The number of nitrogens with one attached hydrogen (secondary N) is 1. The molecule has 0 aliphatic carbocycles. The van der Waals surface area contributed by atoms with Crippen molar-refractivity contribution in [1.29, 1.82) is 0 Å². The number of aromatic amines is 1. The van der Waals surface area contributed by atoms with Crippen LogP contribution in [0.3, 0.4) is 0 Å². The van der Waals surface area contributed by atoms with Gasteiger partial charge in [-0.2, -0.15) is 5.10 Å². The largest absolute Gasteiger partial charge is 0.352 e. The average Bonchev–Trinajstić information content (AvgIpc) is 3.35. The highest BCUT2D eigenvalue weighted by Crippen LogP contribution is 2.21. The van der Waals surface area contributed by atoms with Crippen LogP contribution >= 0.6 is 0 Å². The van der Waals surface area contributed by atoms with Gasteiger partial charge in [0.15, 0.2) is 5.82 Å². The number of hydrogen-bond acceptors (Lipinski definition) is 6. The van der Waals surface area contributed by atoms with Crippen molar-refractivity contribution in [3.63, 3.8) is 0 Å². The van der Waals surface area contributed by atoms with E-state index in [0.717, 1.165) is 22.6 Å². The summed E-state index contributed by atoms with van der Waals surface area (Å²) < 4.78 is 13.1. The number of nitrogens with zero attached hydrogens (tertiary/aromatic N) is 6. The first-order chi connectivity index (χ1) is 15.7. The number of benzene rings is 1. The zero-order valence-electron chi connectivity index (χ0n) is 17.1. The molecule has 1 aliphatic heterocycles. The molecule has 9 heteroatoms. The maximum atomic E-state index is 13.1. The van der Waals surface area contributed by atoms with Crippen molar-refractivity contribution in [3.05, 3.63) is 78.5 Å². The molecule has 1 aliphatic rings. The second-order valence-electron chi connectivity index (χ2n) is 7.47. The van der Waals surface area contributed by atoms with Crippen molar-refractivity contribution < 1.29 is 9.18 Å². The second kappa shape index (κ2) is 8.54. The molecular weight excluding hydrogens is 409 g/mol. The molecule has 0 radical (unpaired) electrons. The van der Waals surface area contributed by atoms with Crippen LogP contribution in [0.25, 0.3) is 22.5 Å². The maximum absolute atomic E-state index is 13.1. The number of halogens is 1. The fraction of sp³-hybridized carbons (Fsp3) is 0.174. The fourth-order valence-electron chi connectivity index (χ4n) is 3.67. The Morgan fingerprint density at radius 2 is 1.72 bits per heavy atom. The van der Waals surface area contributed by atoms with E-state index in [9.17, 15) is 9.18 Å². The normalized spacial score (nSPS) is 13.9. The smallest absolute Gasteiger partial charge is 0.272 e. The van der Waals surface area contributed by atoms with E-state index in [4.69, 9.17) is 0 Å². The second-order valence-corrected chi connectivity index (χ2v) is 7.47. The third-order valence-electron chi connectivity index (χ3n) is 5.45. The molecule has 1 fully saturated rings. The van der Waals surface area contributed by atoms with Crippen LogP contribution < -0.4 is 4.90 Å². The first kappa shape index (κ1) is 19.8. The fourth-order valence-corrected chi connectivity index (χ4v) is 3.67. The van der Waals surface area contributed by atoms with E-state index in [-0.39, 0.29) is 11.7 Å². The Labute approximate surface area is 183 Å². The average molecular weight is 429 g/mol. The Balaban J connectivity index is 1.21. The van der Waals surface area contributed by atoms with Gasteiger partial charge in [-0.25, -0.2) is 4.39 Å². The van der Waals surface area contributed by atoms with Gasteiger partial charge in [-0.05, 0) is 54.6 Å². The molecule has 3 aromatic heterocycles. The number of rotatable bonds is 4. The summed E-state index contributed by atoms with van der Waals surface area (Å²) in [6, 6.07) is 15.4. The maximum Gasteiger partial charge on any atom is 0.272 e. The molecule has 8 nitrogen and oxygen atoms in total. The van der Waals surface area contributed by atoms with Gasteiger partial charge in [-0.15, -0.1) is 10.2 Å². The topological polar surface area (TPSA) is 90.9 Å². The summed E-state index contributed by atoms with van der Waals surface area (Å²) in [5, 5.41) is 15.7. The van der Waals surface area contributed by atoms with Crippen molar-refractivity contribution >= 4 is 11.7 Å². The van der Waals surface area contributed by atoms with Crippen molar-refractivity contribution in [2.45, 2.75) is 0 Å². The summed E-state index contributed by atoms with van der Waals surface area (Å²) in [4.78, 5) is 20.9. The number of amides is 1. The van der Waals surface area contributed by atoms with Gasteiger partial charge in [0, 0.05) is 49.7 Å². The molecule has 1 amide bonds. The molecule has 160 valence electrons. The van der Waals surface area contributed by atoms with E-state index >= 15 is 0 Å². The predicted octanol–water partition coefficient (Wildman–Crippen LogP) is 3.03. The van der Waals surface area contributed by atoms with Crippen LogP contribution in [0.4, 0.5) is 10.2 Å². The van der Waals surface area contributed by atoms with Gasteiger partial charge in [0.2, 0.25) is 0 Å². The highest BCUT2D eigenvalue weighted by atomic mass is 19.1. The van der Waals surface area contributed by atoms with Gasteiger partial charge in [-0.1, -0.05) is 0 Å². The zero-order chi connectivity index (χ0) is 21.9. The Morgan fingerprint density at radius 1 is 0.906 bits per heavy atom. The molecule has 5 rings (SSSR count). The van der Waals surface area contributed by atoms with Crippen LogP contribution in [0.2, 0.25) is 0 Å². The highest BCUT2D eigenvalue weighted by molar-refractivity contribution is 5.93. The lowest BCUT2D eigenvalue weighted by Crippen LogP contribution is -2.49. The number of pyridine rings is 1. The Bertz CT molecular complexity index is 1200. The molecule has 32 heavy (non-hydrogen) atoms.